The average Bonchev–Trinajstić information content (AvgIpc) is 2.82. The highest BCUT2D eigenvalue weighted by Crippen LogP contribution is 2.27. The number of anilines is 1. The molecule has 3 rings (SSSR count). The van der Waals surface area contributed by atoms with Crippen LogP contribution in [-0.2, 0) is 6.54 Å². The Labute approximate surface area is 155 Å². The first-order valence-corrected chi connectivity index (χ1v) is 8.74. The second-order valence-electron chi connectivity index (χ2n) is 6.58. The Balaban J connectivity index is 1.70. The summed E-state index contributed by atoms with van der Waals surface area (Å²) < 4.78 is 43.0. The van der Waals surface area contributed by atoms with E-state index in [-0.39, 0.29) is 19.1 Å². The smallest absolute Gasteiger partial charge is 0.390 e. The zero-order valence-corrected chi connectivity index (χ0v) is 15.0. The van der Waals surface area contributed by atoms with Gasteiger partial charge >= 0.3 is 6.18 Å². The standard InChI is InChI=1S/C20H21F3N2O2/c1-14-4-2-3-5-17(14)24-19(26)15-6-7-16-13-25(9-8-20(21,22)23)10-11-27-18(16)12-15/h2-7,12H,8-11,13H2,1H3,(H,24,26). The van der Waals surface area contributed by atoms with Crippen molar-refractivity contribution < 1.29 is 22.7 Å². The molecule has 1 aliphatic heterocycles. The number of nitrogens with zero attached hydrogens (tertiary/aromatic N) is 1. The molecular weight excluding hydrogens is 357 g/mol. The molecule has 0 aliphatic carbocycles. The number of hydrogen-bond acceptors (Lipinski definition) is 3. The maximum Gasteiger partial charge on any atom is 0.390 e. The Hall–Kier alpha value is -2.54. The third-order valence-electron chi connectivity index (χ3n) is 4.49. The lowest BCUT2D eigenvalue weighted by atomic mass is 10.1. The maximum atomic E-state index is 12.5. The van der Waals surface area contributed by atoms with E-state index in [1.807, 2.05) is 31.2 Å². The fourth-order valence-electron chi connectivity index (χ4n) is 2.95. The lowest BCUT2D eigenvalue weighted by Gasteiger charge is -2.20. The Morgan fingerprint density at radius 2 is 2.00 bits per heavy atom. The Morgan fingerprint density at radius 1 is 1.22 bits per heavy atom. The van der Waals surface area contributed by atoms with Crippen molar-refractivity contribution in [2.24, 2.45) is 0 Å². The molecule has 4 nitrogen and oxygen atoms in total. The van der Waals surface area contributed by atoms with Gasteiger partial charge < -0.3 is 10.1 Å². The molecule has 2 aromatic carbocycles. The molecule has 0 radical (unpaired) electrons. The van der Waals surface area contributed by atoms with E-state index in [1.54, 1.807) is 23.1 Å². The summed E-state index contributed by atoms with van der Waals surface area (Å²) in [4.78, 5) is 14.2. The first kappa shape index (κ1) is 19.2. The molecule has 0 unspecified atom stereocenters. The van der Waals surface area contributed by atoms with Gasteiger partial charge in [-0.15, -0.1) is 0 Å². The quantitative estimate of drug-likeness (QED) is 0.858. The summed E-state index contributed by atoms with van der Waals surface area (Å²) >= 11 is 0. The Morgan fingerprint density at radius 3 is 2.74 bits per heavy atom. The minimum absolute atomic E-state index is 0.0676. The molecule has 7 heteroatoms. The summed E-state index contributed by atoms with van der Waals surface area (Å²) in [6.07, 6.45) is -5.02. The first-order chi connectivity index (χ1) is 12.8. The van der Waals surface area contributed by atoms with E-state index in [9.17, 15) is 18.0 Å². The van der Waals surface area contributed by atoms with Crippen LogP contribution >= 0.6 is 0 Å². The van der Waals surface area contributed by atoms with Gasteiger partial charge in [-0.2, -0.15) is 13.2 Å². The predicted octanol–water partition coefficient (Wildman–Crippen LogP) is 4.39. The fourth-order valence-corrected chi connectivity index (χ4v) is 2.95. The van der Waals surface area contributed by atoms with Gasteiger partial charge in [-0.25, -0.2) is 0 Å². The van der Waals surface area contributed by atoms with Gasteiger partial charge in [-0.1, -0.05) is 24.3 Å². The summed E-state index contributed by atoms with van der Waals surface area (Å²) in [5.41, 5.74) is 2.91. The van der Waals surface area contributed by atoms with Crippen LogP contribution in [0.3, 0.4) is 0 Å². The van der Waals surface area contributed by atoms with Crippen LogP contribution in [-0.4, -0.2) is 36.7 Å². The number of aryl methyl sites for hydroxylation is 1. The minimum Gasteiger partial charge on any atom is -0.492 e. The minimum atomic E-state index is -4.17. The molecule has 0 saturated carbocycles. The zero-order chi connectivity index (χ0) is 19.4. The van der Waals surface area contributed by atoms with Gasteiger partial charge in [-0.3, -0.25) is 9.69 Å². The number of hydrogen-bond donors (Lipinski definition) is 1. The average molecular weight is 378 g/mol. The molecule has 2 aromatic rings. The van der Waals surface area contributed by atoms with Gasteiger partial charge in [0.05, 0.1) is 6.42 Å². The van der Waals surface area contributed by atoms with Crippen molar-refractivity contribution in [2.45, 2.75) is 26.1 Å². The second kappa shape index (κ2) is 8.00. The van der Waals surface area contributed by atoms with Crippen LogP contribution in [0, 0.1) is 6.92 Å². The molecule has 1 amide bonds. The van der Waals surface area contributed by atoms with Crippen LogP contribution < -0.4 is 10.1 Å². The Kier molecular flexibility index (Phi) is 5.70. The third kappa shape index (κ3) is 5.23. The number of benzene rings is 2. The van der Waals surface area contributed by atoms with Gasteiger partial charge in [0.25, 0.3) is 5.91 Å². The van der Waals surface area contributed by atoms with E-state index in [4.69, 9.17) is 4.74 Å². The van der Waals surface area contributed by atoms with E-state index in [0.29, 0.717) is 24.4 Å². The number of ether oxygens (including phenoxy) is 1. The summed E-state index contributed by atoms with van der Waals surface area (Å²) in [5, 5.41) is 2.86. The molecule has 144 valence electrons. The van der Waals surface area contributed by atoms with Crippen molar-refractivity contribution in [1.29, 1.82) is 0 Å². The van der Waals surface area contributed by atoms with Gasteiger partial charge in [0.2, 0.25) is 0 Å². The van der Waals surface area contributed by atoms with Gasteiger partial charge in [-0.05, 0) is 30.7 Å². The van der Waals surface area contributed by atoms with Crippen molar-refractivity contribution in [2.75, 3.05) is 25.0 Å². The molecule has 1 aliphatic rings. The highest BCUT2D eigenvalue weighted by Gasteiger charge is 2.28. The van der Waals surface area contributed by atoms with Crippen LogP contribution in [0.1, 0.15) is 27.9 Å². The third-order valence-corrected chi connectivity index (χ3v) is 4.49. The number of nitrogens with one attached hydrogen (secondary N) is 1. The molecule has 1 heterocycles. The number of halogens is 3. The van der Waals surface area contributed by atoms with Gasteiger partial charge in [0.15, 0.2) is 0 Å². The highest BCUT2D eigenvalue weighted by atomic mass is 19.4. The number of amides is 1. The molecule has 0 aromatic heterocycles. The maximum absolute atomic E-state index is 12.5. The number of fused-ring (bicyclic) bond motifs is 1. The van der Waals surface area contributed by atoms with Gasteiger partial charge in [0, 0.05) is 36.4 Å². The van der Waals surface area contributed by atoms with Crippen LogP contribution in [0.25, 0.3) is 0 Å². The lowest BCUT2D eigenvalue weighted by molar-refractivity contribution is -0.138. The molecule has 0 spiro atoms. The van der Waals surface area contributed by atoms with E-state index >= 15 is 0 Å². The van der Waals surface area contributed by atoms with Crippen LogP contribution in [0.2, 0.25) is 0 Å². The topological polar surface area (TPSA) is 41.6 Å². The molecule has 0 atom stereocenters. The number of carbonyl (C=O) groups excluding carboxylic acids is 1. The van der Waals surface area contributed by atoms with Gasteiger partial charge in [0.1, 0.15) is 12.4 Å². The summed E-state index contributed by atoms with van der Waals surface area (Å²) in [6, 6.07) is 12.5. The van der Waals surface area contributed by atoms with Crippen molar-refractivity contribution >= 4 is 11.6 Å². The monoisotopic (exact) mass is 378 g/mol. The predicted molar refractivity (Wildman–Crippen MR) is 97.0 cm³/mol. The van der Waals surface area contributed by atoms with Crippen molar-refractivity contribution in [3.63, 3.8) is 0 Å². The van der Waals surface area contributed by atoms with E-state index in [2.05, 4.69) is 5.32 Å². The van der Waals surface area contributed by atoms with Crippen LogP contribution in [0.15, 0.2) is 42.5 Å². The highest BCUT2D eigenvalue weighted by molar-refractivity contribution is 6.04. The van der Waals surface area contributed by atoms with Crippen LogP contribution in [0.5, 0.6) is 5.75 Å². The molecule has 0 bridgehead atoms. The van der Waals surface area contributed by atoms with E-state index in [0.717, 1.165) is 16.8 Å². The van der Waals surface area contributed by atoms with E-state index < -0.39 is 12.6 Å². The summed E-state index contributed by atoms with van der Waals surface area (Å²) in [7, 11) is 0. The number of para-hydroxylation sites is 1. The first-order valence-electron chi connectivity index (χ1n) is 8.74. The number of carbonyl (C=O) groups is 1. The van der Waals surface area contributed by atoms with Crippen molar-refractivity contribution in [1.82, 2.24) is 4.90 Å². The molecular formula is C20H21F3N2O2. The number of rotatable bonds is 4. The second-order valence-corrected chi connectivity index (χ2v) is 6.58. The largest absolute Gasteiger partial charge is 0.492 e. The zero-order valence-electron chi connectivity index (χ0n) is 15.0. The molecule has 27 heavy (non-hydrogen) atoms. The van der Waals surface area contributed by atoms with Crippen LogP contribution in [0.4, 0.5) is 18.9 Å². The lowest BCUT2D eigenvalue weighted by Crippen LogP contribution is -2.29. The van der Waals surface area contributed by atoms with Crippen molar-refractivity contribution in [3.05, 3.63) is 59.2 Å². The van der Waals surface area contributed by atoms with Crippen molar-refractivity contribution in [3.8, 4) is 5.75 Å². The normalized spacial score (nSPS) is 14.8. The Bertz CT molecular complexity index is 821. The molecule has 0 fully saturated rings. The fraction of sp³-hybridized carbons (Fsp3) is 0.350. The molecule has 1 N–H and O–H groups in total. The summed E-state index contributed by atoms with van der Waals surface area (Å²) in [5.74, 6) is 0.288. The van der Waals surface area contributed by atoms with E-state index in [1.165, 1.54) is 0 Å². The molecule has 0 saturated heterocycles. The number of alkyl halides is 3. The SMILES string of the molecule is Cc1ccccc1NC(=O)c1ccc2c(c1)OCCN(CCC(F)(F)F)C2. The summed E-state index contributed by atoms with van der Waals surface area (Å²) in [6.45, 7) is 2.90.